The van der Waals surface area contributed by atoms with Crippen molar-refractivity contribution in [1.29, 1.82) is 0 Å². The number of rotatable bonds is 5. The van der Waals surface area contributed by atoms with E-state index in [9.17, 15) is 4.79 Å². The minimum atomic E-state index is 0.341. The average Bonchev–Trinajstić information content (AvgIpc) is 2.48. The molecule has 0 radical (unpaired) electrons. The first-order valence-electron chi connectivity index (χ1n) is 8.36. The number of likely N-dealkylation sites (tertiary alicyclic amines) is 2. The lowest BCUT2D eigenvalue weighted by molar-refractivity contribution is -0.132. The number of carbonyl (C=O) groups excluding carboxylic acids is 1. The lowest BCUT2D eigenvalue weighted by atomic mass is 9.90. The van der Waals surface area contributed by atoms with Crippen molar-refractivity contribution in [1.82, 2.24) is 15.1 Å². The fraction of sp³-hybridized carbons (Fsp3) is 0.938. The van der Waals surface area contributed by atoms with Crippen LogP contribution in [-0.2, 0) is 4.79 Å². The smallest absolute Gasteiger partial charge is 0.223 e. The maximum absolute atomic E-state index is 12.1. The van der Waals surface area contributed by atoms with Gasteiger partial charge in [0.15, 0.2) is 0 Å². The minimum Gasteiger partial charge on any atom is -0.343 e. The Labute approximate surface area is 123 Å². The summed E-state index contributed by atoms with van der Waals surface area (Å²) in [4.78, 5) is 16.5. The van der Waals surface area contributed by atoms with Gasteiger partial charge in [-0.15, -0.1) is 0 Å². The van der Waals surface area contributed by atoms with Gasteiger partial charge in [-0.05, 0) is 65.1 Å². The van der Waals surface area contributed by atoms with Gasteiger partial charge in [-0.2, -0.15) is 0 Å². The van der Waals surface area contributed by atoms with Crippen LogP contribution in [0.1, 0.15) is 45.4 Å². The largest absolute Gasteiger partial charge is 0.343 e. The zero-order valence-electron chi connectivity index (χ0n) is 13.2. The Kier molecular flexibility index (Phi) is 6.30. The molecule has 0 aromatic heterocycles. The second-order valence-electron chi connectivity index (χ2n) is 6.57. The average molecular weight is 281 g/mol. The van der Waals surface area contributed by atoms with E-state index in [1.807, 2.05) is 4.90 Å². The van der Waals surface area contributed by atoms with E-state index in [0.717, 1.165) is 25.6 Å². The van der Waals surface area contributed by atoms with Crippen molar-refractivity contribution in [3.63, 3.8) is 0 Å². The maximum atomic E-state index is 12.1. The van der Waals surface area contributed by atoms with E-state index >= 15 is 0 Å². The molecule has 1 unspecified atom stereocenters. The van der Waals surface area contributed by atoms with Crippen LogP contribution in [-0.4, -0.2) is 61.5 Å². The van der Waals surface area contributed by atoms with Crippen LogP contribution in [0, 0.1) is 5.92 Å². The number of carbonyl (C=O) groups is 1. The number of piperidine rings is 2. The first-order valence-corrected chi connectivity index (χ1v) is 8.36. The Bertz CT molecular complexity index is 294. The molecule has 2 rings (SSSR count). The molecule has 0 aromatic carbocycles. The summed E-state index contributed by atoms with van der Waals surface area (Å²) < 4.78 is 0. The van der Waals surface area contributed by atoms with Crippen molar-refractivity contribution < 1.29 is 4.79 Å². The van der Waals surface area contributed by atoms with Gasteiger partial charge in [0.05, 0.1) is 0 Å². The molecule has 0 aliphatic carbocycles. The Morgan fingerprint density at radius 3 is 2.45 bits per heavy atom. The van der Waals surface area contributed by atoms with Gasteiger partial charge in [-0.25, -0.2) is 0 Å². The summed E-state index contributed by atoms with van der Waals surface area (Å²) >= 11 is 0. The van der Waals surface area contributed by atoms with Crippen molar-refractivity contribution in [2.75, 3.05) is 39.8 Å². The lowest BCUT2D eigenvalue weighted by Gasteiger charge is -2.33. The molecule has 0 spiro atoms. The number of hydrogen-bond donors (Lipinski definition) is 1. The Balaban J connectivity index is 1.61. The zero-order chi connectivity index (χ0) is 14.4. The topological polar surface area (TPSA) is 35.6 Å². The van der Waals surface area contributed by atoms with E-state index in [0.29, 0.717) is 18.4 Å². The molecule has 2 aliphatic heterocycles. The molecule has 0 saturated carbocycles. The summed E-state index contributed by atoms with van der Waals surface area (Å²) in [6, 6.07) is 0.540. The molecular formula is C16H31N3O. The number of nitrogens with one attached hydrogen (secondary N) is 1. The first-order chi connectivity index (χ1) is 9.66. The van der Waals surface area contributed by atoms with Crippen LogP contribution in [0.2, 0.25) is 0 Å². The van der Waals surface area contributed by atoms with Crippen LogP contribution in [0.25, 0.3) is 0 Å². The van der Waals surface area contributed by atoms with E-state index in [4.69, 9.17) is 0 Å². The monoisotopic (exact) mass is 281 g/mol. The first kappa shape index (κ1) is 15.8. The second kappa shape index (κ2) is 7.99. The highest BCUT2D eigenvalue weighted by Gasteiger charge is 2.22. The molecule has 20 heavy (non-hydrogen) atoms. The van der Waals surface area contributed by atoms with Crippen molar-refractivity contribution in [2.45, 2.75) is 51.5 Å². The van der Waals surface area contributed by atoms with Crippen molar-refractivity contribution >= 4 is 5.91 Å². The summed E-state index contributed by atoms with van der Waals surface area (Å²) in [6.07, 6.45) is 6.89. The minimum absolute atomic E-state index is 0.341. The van der Waals surface area contributed by atoms with Crippen LogP contribution < -0.4 is 5.32 Å². The third kappa shape index (κ3) is 4.74. The van der Waals surface area contributed by atoms with E-state index in [1.54, 1.807) is 0 Å². The van der Waals surface area contributed by atoms with Gasteiger partial charge in [0.1, 0.15) is 0 Å². The maximum Gasteiger partial charge on any atom is 0.223 e. The molecule has 1 atom stereocenters. The summed E-state index contributed by atoms with van der Waals surface area (Å²) in [7, 11) is 2.20. The van der Waals surface area contributed by atoms with Gasteiger partial charge in [-0.1, -0.05) is 0 Å². The molecule has 116 valence electrons. The molecule has 4 heteroatoms. The highest BCUT2D eigenvalue weighted by molar-refractivity contribution is 5.76. The van der Waals surface area contributed by atoms with Crippen molar-refractivity contribution in [3.05, 3.63) is 0 Å². The number of hydrogen-bond acceptors (Lipinski definition) is 3. The number of nitrogens with zero attached hydrogens (tertiary/aromatic N) is 2. The fourth-order valence-electron chi connectivity index (χ4n) is 3.40. The Morgan fingerprint density at radius 1 is 1.15 bits per heavy atom. The second-order valence-corrected chi connectivity index (χ2v) is 6.57. The molecule has 2 fully saturated rings. The lowest BCUT2D eigenvalue weighted by Crippen LogP contribution is -2.42. The van der Waals surface area contributed by atoms with Gasteiger partial charge in [-0.3, -0.25) is 4.79 Å². The third-order valence-electron chi connectivity index (χ3n) is 4.98. The molecule has 0 bridgehead atoms. The van der Waals surface area contributed by atoms with Gasteiger partial charge >= 0.3 is 0 Å². The molecule has 0 aromatic rings. The Hall–Kier alpha value is -0.610. The van der Waals surface area contributed by atoms with E-state index in [1.165, 1.54) is 45.2 Å². The van der Waals surface area contributed by atoms with Crippen LogP contribution in [0.3, 0.4) is 0 Å². The molecule has 1 N–H and O–H groups in total. The molecule has 2 saturated heterocycles. The number of amides is 1. The third-order valence-corrected chi connectivity index (χ3v) is 4.98. The molecule has 2 aliphatic rings. The Morgan fingerprint density at radius 2 is 1.80 bits per heavy atom. The van der Waals surface area contributed by atoms with Crippen LogP contribution >= 0.6 is 0 Å². The summed E-state index contributed by atoms with van der Waals surface area (Å²) in [5.74, 6) is 1.11. The summed E-state index contributed by atoms with van der Waals surface area (Å²) in [5, 5.41) is 3.57. The van der Waals surface area contributed by atoms with Crippen LogP contribution in [0.15, 0.2) is 0 Å². The van der Waals surface area contributed by atoms with Gasteiger partial charge < -0.3 is 15.1 Å². The standard InChI is InChI=1S/C16H31N3O/c1-14(15-7-12-18(2)13-8-15)17-9-6-16(20)19-10-4-3-5-11-19/h14-15,17H,3-13H2,1-2H3. The summed E-state index contributed by atoms with van der Waals surface area (Å²) in [6.45, 7) is 7.49. The predicted octanol–water partition coefficient (Wildman–Crippen LogP) is 1.71. The molecule has 4 nitrogen and oxygen atoms in total. The predicted molar refractivity (Wildman–Crippen MR) is 82.7 cm³/mol. The quantitative estimate of drug-likeness (QED) is 0.833. The normalized spacial score (nSPS) is 23.8. The molecular weight excluding hydrogens is 250 g/mol. The van der Waals surface area contributed by atoms with Gasteiger partial charge in [0.25, 0.3) is 0 Å². The van der Waals surface area contributed by atoms with Crippen molar-refractivity contribution in [2.24, 2.45) is 5.92 Å². The zero-order valence-corrected chi connectivity index (χ0v) is 13.2. The molecule has 2 heterocycles. The van der Waals surface area contributed by atoms with E-state index in [-0.39, 0.29) is 0 Å². The van der Waals surface area contributed by atoms with Gasteiger partial charge in [0, 0.05) is 32.1 Å². The SMILES string of the molecule is CC(NCCC(=O)N1CCCCC1)C1CCN(C)CC1. The van der Waals surface area contributed by atoms with E-state index < -0.39 is 0 Å². The summed E-state index contributed by atoms with van der Waals surface area (Å²) in [5.41, 5.74) is 0. The molecule has 1 amide bonds. The van der Waals surface area contributed by atoms with Crippen LogP contribution in [0.4, 0.5) is 0 Å². The van der Waals surface area contributed by atoms with Crippen molar-refractivity contribution in [3.8, 4) is 0 Å². The van der Waals surface area contributed by atoms with Gasteiger partial charge in [0.2, 0.25) is 5.91 Å². The van der Waals surface area contributed by atoms with Crippen LogP contribution in [0.5, 0.6) is 0 Å². The van der Waals surface area contributed by atoms with E-state index in [2.05, 4.69) is 24.2 Å². The highest BCUT2D eigenvalue weighted by atomic mass is 16.2. The highest BCUT2D eigenvalue weighted by Crippen LogP contribution is 2.19. The fourth-order valence-corrected chi connectivity index (χ4v) is 3.40.